The average molecular weight is 426 g/mol. The Hall–Kier alpha value is -1.31. The van der Waals surface area contributed by atoms with Crippen molar-refractivity contribution in [1.29, 1.82) is 0 Å². The Kier molecular flexibility index (Phi) is 6.10. The van der Waals surface area contributed by atoms with Gasteiger partial charge in [-0.2, -0.15) is 0 Å². The molecule has 0 spiro atoms. The lowest BCUT2D eigenvalue weighted by Crippen LogP contribution is -2.47. The van der Waals surface area contributed by atoms with Gasteiger partial charge in [0, 0.05) is 24.2 Å². The Bertz CT molecular complexity index is 655. The first-order valence-electron chi connectivity index (χ1n) is 9.15. The standard InChI is InChI=1S/C19H28BrN3O3/c1-11(2)17-16(20)18(22-21-17)19(24)23-9-5-6-14(23)13-8-7-12(25-3)10-15(13)26-4/h7-8,10-11,14,16-18,21-22H,5-6,9H2,1-4H3. The Balaban J connectivity index is 1.82. The van der Waals surface area contributed by atoms with Crippen LogP contribution in [-0.4, -0.2) is 48.5 Å². The van der Waals surface area contributed by atoms with E-state index < -0.39 is 0 Å². The molecule has 2 N–H and O–H groups in total. The highest BCUT2D eigenvalue weighted by molar-refractivity contribution is 9.09. The number of benzene rings is 1. The van der Waals surface area contributed by atoms with Crippen LogP contribution in [0.25, 0.3) is 0 Å². The molecule has 0 aliphatic carbocycles. The van der Waals surface area contributed by atoms with Gasteiger partial charge in [-0.25, -0.2) is 5.43 Å². The van der Waals surface area contributed by atoms with Crippen LogP contribution >= 0.6 is 15.9 Å². The molecule has 2 aliphatic heterocycles. The Morgan fingerprint density at radius 1 is 1.27 bits per heavy atom. The molecule has 4 unspecified atom stereocenters. The summed E-state index contributed by atoms with van der Waals surface area (Å²) < 4.78 is 10.9. The molecule has 2 fully saturated rings. The molecular formula is C19H28BrN3O3. The predicted molar refractivity (Wildman–Crippen MR) is 105 cm³/mol. The highest BCUT2D eigenvalue weighted by atomic mass is 79.9. The van der Waals surface area contributed by atoms with Crippen LogP contribution in [0.2, 0.25) is 0 Å². The first-order chi connectivity index (χ1) is 12.5. The quantitative estimate of drug-likeness (QED) is 0.709. The van der Waals surface area contributed by atoms with Crippen LogP contribution in [0.4, 0.5) is 0 Å². The number of alkyl halides is 1. The van der Waals surface area contributed by atoms with E-state index >= 15 is 0 Å². The number of carbonyl (C=O) groups is 1. The van der Waals surface area contributed by atoms with E-state index in [1.165, 1.54) is 0 Å². The van der Waals surface area contributed by atoms with Crippen LogP contribution in [0, 0.1) is 5.92 Å². The number of nitrogens with one attached hydrogen (secondary N) is 2. The van der Waals surface area contributed by atoms with Crippen LogP contribution in [0.3, 0.4) is 0 Å². The molecule has 6 nitrogen and oxygen atoms in total. The summed E-state index contributed by atoms with van der Waals surface area (Å²) in [5.74, 6) is 2.08. The highest BCUT2D eigenvalue weighted by Crippen LogP contribution is 2.39. The van der Waals surface area contributed by atoms with E-state index in [0.717, 1.165) is 36.4 Å². The van der Waals surface area contributed by atoms with E-state index in [2.05, 4.69) is 40.6 Å². The van der Waals surface area contributed by atoms with E-state index in [1.807, 2.05) is 23.1 Å². The van der Waals surface area contributed by atoms with Gasteiger partial charge in [-0.15, -0.1) is 0 Å². The van der Waals surface area contributed by atoms with Gasteiger partial charge in [0.1, 0.15) is 17.5 Å². The Morgan fingerprint density at radius 3 is 2.65 bits per heavy atom. The van der Waals surface area contributed by atoms with Crippen LogP contribution in [0.1, 0.15) is 38.3 Å². The third-order valence-electron chi connectivity index (χ3n) is 5.39. The Morgan fingerprint density at radius 2 is 2.04 bits per heavy atom. The summed E-state index contributed by atoms with van der Waals surface area (Å²) in [5, 5.41) is 0. The van der Waals surface area contributed by atoms with Crippen LogP contribution in [-0.2, 0) is 4.79 Å². The first-order valence-corrected chi connectivity index (χ1v) is 10.1. The smallest absolute Gasteiger partial charge is 0.242 e. The molecular weight excluding hydrogens is 398 g/mol. The molecule has 144 valence electrons. The zero-order chi connectivity index (χ0) is 18.8. The highest BCUT2D eigenvalue weighted by Gasteiger charge is 2.44. The van der Waals surface area contributed by atoms with Gasteiger partial charge in [0.05, 0.1) is 25.1 Å². The molecule has 0 saturated carbocycles. The topological polar surface area (TPSA) is 62.8 Å². The van der Waals surface area contributed by atoms with Crippen molar-refractivity contribution in [2.75, 3.05) is 20.8 Å². The van der Waals surface area contributed by atoms with Crippen molar-refractivity contribution < 1.29 is 14.3 Å². The first kappa shape index (κ1) is 19.5. The number of hydrazine groups is 1. The number of hydrogen-bond acceptors (Lipinski definition) is 5. The SMILES string of the molecule is COc1ccc(C2CCCN2C(=O)C2NNC(C(C)C)C2Br)c(OC)c1. The molecule has 7 heteroatoms. The average Bonchev–Trinajstić information content (AvgIpc) is 3.27. The molecule has 26 heavy (non-hydrogen) atoms. The predicted octanol–water partition coefficient (Wildman–Crippen LogP) is 2.63. The second kappa shape index (κ2) is 8.15. The molecule has 2 aliphatic rings. The van der Waals surface area contributed by atoms with E-state index in [9.17, 15) is 4.79 Å². The normalized spacial score (nSPS) is 28.6. The van der Waals surface area contributed by atoms with Crippen molar-refractivity contribution in [1.82, 2.24) is 15.8 Å². The molecule has 2 saturated heterocycles. The molecule has 1 aromatic rings. The van der Waals surface area contributed by atoms with Crippen molar-refractivity contribution in [2.24, 2.45) is 5.92 Å². The molecule has 3 rings (SSSR count). The number of nitrogens with zero attached hydrogens (tertiary/aromatic N) is 1. The third kappa shape index (κ3) is 3.57. The van der Waals surface area contributed by atoms with Crippen LogP contribution < -0.4 is 20.3 Å². The summed E-state index contributed by atoms with van der Waals surface area (Å²) in [6.07, 6.45) is 1.93. The second-order valence-corrected chi connectivity index (χ2v) is 8.34. The minimum absolute atomic E-state index is 0.0305. The number of rotatable bonds is 5. The number of hydrogen-bond donors (Lipinski definition) is 2. The van der Waals surface area contributed by atoms with Gasteiger partial charge in [0.15, 0.2) is 0 Å². The fraction of sp³-hybridized carbons (Fsp3) is 0.632. The largest absolute Gasteiger partial charge is 0.497 e. The van der Waals surface area contributed by atoms with Crippen molar-refractivity contribution >= 4 is 21.8 Å². The lowest BCUT2D eigenvalue weighted by Gasteiger charge is -2.30. The third-order valence-corrected chi connectivity index (χ3v) is 6.49. The molecule has 1 amide bonds. The maximum absolute atomic E-state index is 13.3. The minimum Gasteiger partial charge on any atom is -0.497 e. The maximum atomic E-state index is 13.3. The van der Waals surface area contributed by atoms with E-state index in [4.69, 9.17) is 9.47 Å². The number of halogens is 1. The van der Waals surface area contributed by atoms with Crippen LogP contribution in [0.15, 0.2) is 18.2 Å². The lowest BCUT2D eigenvalue weighted by atomic mass is 9.98. The number of methoxy groups -OCH3 is 2. The fourth-order valence-electron chi connectivity index (χ4n) is 3.91. The number of carbonyl (C=O) groups excluding carboxylic acids is 1. The van der Waals surface area contributed by atoms with Gasteiger partial charge in [0.25, 0.3) is 0 Å². The minimum atomic E-state index is -0.271. The maximum Gasteiger partial charge on any atom is 0.242 e. The number of ether oxygens (including phenoxy) is 2. The summed E-state index contributed by atoms with van der Waals surface area (Å²) in [4.78, 5) is 15.3. The lowest BCUT2D eigenvalue weighted by molar-refractivity contribution is -0.134. The Labute approximate surface area is 163 Å². The van der Waals surface area contributed by atoms with Gasteiger partial charge in [0.2, 0.25) is 5.91 Å². The van der Waals surface area contributed by atoms with Gasteiger partial charge in [-0.3, -0.25) is 10.2 Å². The zero-order valence-corrected chi connectivity index (χ0v) is 17.4. The molecule has 4 atom stereocenters. The molecule has 1 aromatic carbocycles. The molecule has 2 heterocycles. The second-order valence-electron chi connectivity index (χ2n) is 7.28. The van der Waals surface area contributed by atoms with Crippen molar-refractivity contribution in [2.45, 2.75) is 49.6 Å². The van der Waals surface area contributed by atoms with Gasteiger partial charge in [-0.05, 0) is 30.9 Å². The summed E-state index contributed by atoms with van der Waals surface area (Å²) in [6, 6.07) is 5.80. The number of amides is 1. The van der Waals surface area contributed by atoms with Crippen molar-refractivity contribution in [3.8, 4) is 11.5 Å². The fourth-order valence-corrected chi connectivity index (χ4v) is 5.01. The van der Waals surface area contributed by atoms with Gasteiger partial charge < -0.3 is 14.4 Å². The summed E-state index contributed by atoms with van der Waals surface area (Å²) in [7, 11) is 3.30. The summed E-state index contributed by atoms with van der Waals surface area (Å²) in [6.45, 7) is 5.08. The van der Waals surface area contributed by atoms with Crippen molar-refractivity contribution in [3.05, 3.63) is 23.8 Å². The van der Waals surface area contributed by atoms with Crippen LogP contribution in [0.5, 0.6) is 11.5 Å². The van der Waals surface area contributed by atoms with E-state index in [1.54, 1.807) is 14.2 Å². The van der Waals surface area contributed by atoms with E-state index in [-0.39, 0.29) is 28.9 Å². The van der Waals surface area contributed by atoms with Crippen molar-refractivity contribution in [3.63, 3.8) is 0 Å². The van der Waals surface area contributed by atoms with E-state index in [0.29, 0.717) is 5.92 Å². The van der Waals surface area contributed by atoms with Gasteiger partial charge >= 0.3 is 0 Å². The monoisotopic (exact) mass is 425 g/mol. The summed E-state index contributed by atoms with van der Waals surface area (Å²) in [5.41, 5.74) is 7.50. The number of likely N-dealkylation sites (tertiary alicyclic amines) is 1. The zero-order valence-electron chi connectivity index (χ0n) is 15.8. The molecule has 0 aromatic heterocycles. The molecule has 0 bridgehead atoms. The molecule has 0 radical (unpaired) electrons. The summed E-state index contributed by atoms with van der Waals surface area (Å²) >= 11 is 3.73. The van der Waals surface area contributed by atoms with Gasteiger partial charge in [-0.1, -0.05) is 29.8 Å².